The van der Waals surface area contributed by atoms with Gasteiger partial charge in [-0.05, 0) is 70.0 Å². The minimum atomic E-state index is 0.395. The number of nitrogens with zero attached hydrogens (tertiary/aromatic N) is 3. The molecule has 0 saturated carbocycles. The molecular formula is C20H22N4. The second-order valence-corrected chi connectivity index (χ2v) is 6.57. The van der Waals surface area contributed by atoms with Gasteiger partial charge in [-0.2, -0.15) is 5.26 Å². The average Bonchev–Trinajstić information content (AvgIpc) is 3.05. The first kappa shape index (κ1) is 16.1. The number of aromatic amines is 1. The van der Waals surface area contributed by atoms with Gasteiger partial charge in [0.1, 0.15) is 11.9 Å². The van der Waals surface area contributed by atoms with Crippen molar-refractivity contribution in [2.24, 2.45) is 0 Å². The Morgan fingerprint density at radius 3 is 2.62 bits per heavy atom. The largest absolute Gasteiger partial charge is 0.346 e. The van der Waals surface area contributed by atoms with Crippen molar-refractivity contribution in [2.75, 3.05) is 0 Å². The lowest BCUT2D eigenvalue weighted by Gasteiger charge is -2.13. The van der Waals surface area contributed by atoms with Crippen LogP contribution in [-0.4, -0.2) is 14.5 Å². The van der Waals surface area contributed by atoms with E-state index in [1.54, 1.807) is 0 Å². The third-order valence-corrected chi connectivity index (χ3v) is 4.35. The number of rotatable bonds is 3. The predicted octanol–water partition coefficient (Wildman–Crippen LogP) is 4.93. The summed E-state index contributed by atoms with van der Waals surface area (Å²) < 4.78 is 2.28. The van der Waals surface area contributed by atoms with Crippen LogP contribution in [0.25, 0.3) is 22.7 Å². The zero-order chi connectivity index (χ0) is 17.4. The standard InChI is InChI=1S/C20H22N4/c1-12(2)24-14(4)9-16(15(24)5)10-17(11-21)20-22-18-7-6-13(3)8-19(18)23-20/h6-10,12H,1-5H3,(H,22,23)/b17-10-. The maximum absolute atomic E-state index is 9.61. The van der Waals surface area contributed by atoms with Crippen molar-refractivity contribution in [3.8, 4) is 6.07 Å². The zero-order valence-corrected chi connectivity index (χ0v) is 14.8. The highest BCUT2D eigenvalue weighted by Crippen LogP contribution is 2.25. The lowest BCUT2D eigenvalue weighted by Crippen LogP contribution is -2.04. The molecule has 2 aromatic heterocycles. The molecule has 0 aliphatic rings. The van der Waals surface area contributed by atoms with E-state index in [0.717, 1.165) is 16.6 Å². The van der Waals surface area contributed by atoms with E-state index in [9.17, 15) is 5.26 Å². The number of benzene rings is 1. The van der Waals surface area contributed by atoms with Crippen LogP contribution in [0.15, 0.2) is 24.3 Å². The maximum atomic E-state index is 9.61. The van der Waals surface area contributed by atoms with Crippen molar-refractivity contribution in [1.82, 2.24) is 14.5 Å². The van der Waals surface area contributed by atoms with Crippen LogP contribution >= 0.6 is 0 Å². The molecule has 0 aliphatic carbocycles. The van der Waals surface area contributed by atoms with Crippen LogP contribution in [0.3, 0.4) is 0 Å². The summed E-state index contributed by atoms with van der Waals surface area (Å²) in [6.07, 6.45) is 1.92. The van der Waals surface area contributed by atoms with E-state index in [1.807, 2.05) is 31.2 Å². The van der Waals surface area contributed by atoms with Gasteiger partial charge in [0.15, 0.2) is 0 Å². The smallest absolute Gasteiger partial charge is 0.149 e. The van der Waals surface area contributed by atoms with Gasteiger partial charge in [0.25, 0.3) is 0 Å². The Morgan fingerprint density at radius 1 is 1.25 bits per heavy atom. The predicted molar refractivity (Wildman–Crippen MR) is 98.6 cm³/mol. The summed E-state index contributed by atoms with van der Waals surface area (Å²) in [6.45, 7) is 10.6. The van der Waals surface area contributed by atoms with Crippen LogP contribution in [0.5, 0.6) is 0 Å². The molecule has 0 aliphatic heterocycles. The summed E-state index contributed by atoms with van der Waals surface area (Å²) in [6, 6.07) is 10.9. The van der Waals surface area contributed by atoms with Gasteiger partial charge in [-0.15, -0.1) is 0 Å². The molecule has 3 aromatic rings. The van der Waals surface area contributed by atoms with Crippen LogP contribution in [0, 0.1) is 32.1 Å². The second-order valence-electron chi connectivity index (χ2n) is 6.57. The van der Waals surface area contributed by atoms with Gasteiger partial charge >= 0.3 is 0 Å². The number of aromatic nitrogens is 3. The number of fused-ring (bicyclic) bond motifs is 1. The van der Waals surface area contributed by atoms with E-state index in [1.165, 1.54) is 17.0 Å². The second kappa shape index (κ2) is 6.01. The fourth-order valence-corrected chi connectivity index (χ4v) is 3.30. The molecule has 0 bridgehead atoms. The van der Waals surface area contributed by atoms with E-state index in [4.69, 9.17) is 0 Å². The molecular weight excluding hydrogens is 296 g/mol. The summed E-state index contributed by atoms with van der Waals surface area (Å²) in [7, 11) is 0. The maximum Gasteiger partial charge on any atom is 0.149 e. The van der Waals surface area contributed by atoms with Crippen LogP contribution in [0.4, 0.5) is 0 Å². The van der Waals surface area contributed by atoms with Crippen molar-refractivity contribution in [2.45, 2.75) is 40.7 Å². The summed E-state index contributed by atoms with van der Waals surface area (Å²) >= 11 is 0. The Balaban J connectivity index is 2.09. The van der Waals surface area contributed by atoms with E-state index in [-0.39, 0.29) is 0 Å². The molecule has 0 atom stereocenters. The van der Waals surface area contributed by atoms with Crippen molar-refractivity contribution in [3.63, 3.8) is 0 Å². The topological polar surface area (TPSA) is 57.4 Å². The summed E-state index contributed by atoms with van der Waals surface area (Å²) in [5.41, 5.74) is 6.99. The Kier molecular flexibility index (Phi) is 4.02. The molecule has 0 saturated heterocycles. The van der Waals surface area contributed by atoms with Crippen molar-refractivity contribution < 1.29 is 0 Å². The number of H-pyrrole nitrogens is 1. The number of hydrogen-bond donors (Lipinski definition) is 1. The van der Waals surface area contributed by atoms with E-state index < -0.39 is 0 Å². The Labute approximate surface area is 142 Å². The normalized spacial score (nSPS) is 12.1. The van der Waals surface area contributed by atoms with E-state index >= 15 is 0 Å². The summed E-state index contributed by atoms with van der Waals surface area (Å²) in [5, 5.41) is 9.61. The van der Waals surface area contributed by atoms with Crippen LogP contribution in [0.2, 0.25) is 0 Å². The third-order valence-electron chi connectivity index (χ3n) is 4.35. The molecule has 1 aromatic carbocycles. The average molecular weight is 318 g/mol. The summed E-state index contributed by atoms with van der Waals surface area (Å²) in [5.74, 6) is 0.618. The molecule has 0 radical (unpaired) electrons. The van der Waals surface area contributed by atoms with E-state index in [2.05, 4.69) is 54.4 Å². The minimum absolute atomic E-state index is 0.395. The number of nitrogens with one attached hydrogen (secondary N) is 1. The van der Waals surface area contributed by atoms with Gasteiger partial charge in [-0.3, -0.25) is 0 Å². The van der Waals surface area contributed by atoms with Crippen molar-refractivity contribution >= 4 is 22.7 Å². The van der Waals surface area contributed by atoms with Crippen molar-refractivity contribution in [3.05, 3.63) is 52.6 Å². The van der Waals surface area contributed by atoms with Crippen molar-refractivity contribution in [1.29, 1.82) is 5.26 Å². The Morgan fingerprint density at radius 2 is 2.00 bits per heavy atom. The molecule has 24 heavy (non-hydrogen) atoms. The molecule has 0 spiro atoms. The first-order valence-corrected chi connectivity index (χ1v) is 8.17. The van der Waals surface area contributed by atoms with Gasteiger partial charge in [-0.25, -0.2) is 4.98 Å². The number of imidazole rings is 1. The molecule has 0 unspecified atom stereocenters. The highest BCUT2D eigenvalue weighted by molar-refractivity contribution is 5.90. The fourth-order valence-electron chi connectivity index (χ4n) is 3.30. The Hall–Kier alpha value is -2.80. The monoisotopic (exact) mass is 318 g/mol. The number of hydrogen-bond acceptors (Lipinski definition) is 2. The first-order chi connectivity index (χ1) is 11.4. The molecule has 3 rings (SSSR count). The summed E-state index contributed by atoms with van der Waals surface area (Å²) in [4.78, 5) is 7.82. The number of aryl methyl sites for hydroxylation is 2. The van der Waals surface area contributed by atoms with Gasteiger partial charge in [0.05, 0.1) is 16.6 Å². The molecule has 0 amide bonds. The van der Waals surface area contributed by atoms with Crippen LogP contribution < -0.4 is 0 Å². The minimum Gasteiger partial charge on any atom is -0.346 e. The highest BCUT2D eigenvalue weighted by Gasteiger charge is 2.13. The Bertz CT molecular complexity index is 977. The zero-order valence-electron chi connectivity index (χ0n) is 14.8. The first-order valence-electron chi connectivity index (χ1n) is 8.17. The lowest BCUT2D eigenvalue weighted by atomic mass is 10.1. The molecule has 4 heteroatoms. The number of allylic oxidation sites excluding steroid dienone is 1. The molecule has 2 heterocycles. The highest BCUT2D eigenvalue weighted by atomic mass is 15.0. The molecule has 122 valence electrons. The third kappa shape index (κ3) is 2.74. The van der Waals surface area contributed by atoms with Gasteiger partial charge < -0.3 is 9.55 Å². The van der Waals surface area contributed by atoms with Gasteiger partial charge in [0, 0.05) is 17.4 Å². The van der Waals surface area contributed by atoms with Gasteiger partial charge in [-0.1, -0.05) is 6.07 Å². The molecule has 4 nitrogen and oxygen atoms in total. The van der Waals surface area contributed by atoms with Crippen LogP contribution in [-0.2, 0) is 0 Å². The fraction of sp³-hybridized carbons (Fsp3) is 0.300. The number of nitriles is 1. The molecule has 1 N–H and O–H groups in total. The van der Waals surface area contributed by atoms with Gasteiger partial charge in [0.2, 0.25) is 0 Å². The molecule has 0 fully saturated rings. The quantitative estimate of drug-likeness (QED) is 0.696. The van der Waals surface area contributed by atoms with E-state index in [0.29, 0.717) is 17.4 Å². The van der Waals surface area contributed by atoms with Crippen LogP contribution in [0.1, 0.15) is 48.2 Å². The lowest BCUT2D eigenvalue weighted by molar-refractivity contribution is 0.574. The SMILES string of the molecule is Cc1ccc2nc(/C(C#N)=C\c3cc(C)n(C(C)C)c3C)[nH]c2c1.